The van der Waals surface area contributed by atoms with Gasteiger partial charge in [0.2, 0.25) is 0 Å². The second-order valence-electron chi connectivity index (χ2n) is 6.12. The van der Waals surface area contributed by atoms with Crippen LogP contribution in [0.5, 0.6) is 0 Å². The fourth-order valence-electron chi connectivity index (χ4n) is 3.43. The third-order valence-electron chi connectivity index (χ3n) is 4.40. The Bertz CT molecular complexity index is 479. The number of nitrogens with one attached hydrogen (secondary N) is 1. The SMILES string of the molecule is CCCNc1cc(C)nc(CN2CCOC3CCCC32)n1. The molecule has 0 aromatic carbocycles. The van der Waals surface area contributed by atoms with E-state index in [0.29, 0.717) is 12.1 Å². The monoisotopic (exact) mass is 290 g/mol. The molecule has 2 atom stereocenters. The van der Waals surface area contributed by atoms with Crippen molar-refractivity contribution in [2.24, 2.45) is 0 Å². The lowest BCUT2D eigenvalue weighted by Crippen LogP contribution is -2.48. The van der Waals surface area contributed by atoms with E-state index in [-0.39, 0.29) is 0 Å². The van der Waals surface area contributed by atoms with Gasteiger partial charge in [-0.3, -0.25) is 4.90 Å². The number of hydrogen-bond acceptors (Lipinski definition) is 5. The van der Waals surface area contributed by atoms with Crippen molar-refractivity contribution in [2.45, 2.75) is 58.2 Å². The first-order valence-electron chi connectivity index (χ1n) is 8.20. The largest absolute Gasteiger partial charge is 0.375 e. The van der Waals surface area contributed by atoms with E-state index in [1.165, 1.54) is 19.3 Å². The lowest BCUT2D eigenvalue weighted by Gasteiger charge is -2.37. The van der Waals surface area contributed by atoms with Crippen LogP contribution in [0.1, 0.15) is 44.1 Å². The van der Waals surface area contributed by atoms with Gasteiger partial charge in [-0.25, -0.2) is 9.97 Å². The molecule has 0 bridgehead atoms. The Morgan fingerprint density at radius 1 is 1.38 bits per heavy atom. The highest BCUT2D eigenvalue weighted by Gasteiger charge is 2.36. The number of aromatic nitrogens is 2. The summed E-state index contributed by atoms with van der Waals surface area (Å²) in [5, 5.41) is 3.36. The van der Waals surface area contributed by atoms with Crippen LogP contribution in [0.15, 0.2) is 6.07 Å². The van der Waals surface area contributed by atoms with Crippen LogP contribution in [-0.2, 0) is 11.3 Å². The first-order chi connectivity index (χ1) is 10.3. The highest BCUT2D eigenvalue weighted by atomic mass is 16.5. The number of nitrogens with zero attached hydrogens (tertiary/aromatic N) is 3. The first kappa shape index (κ1) is 14.7. The predicted octanol–water partition coefficient (Wildman–Crippen LogP) is 2.36. The van der Waals surface area contributed by atoms with Crippen molar-refractivity contribution >= 4 is 5.82 Å². The highest BCUT2D eigenvalue weighted by molar-refractivity contribution is 5.35. The highest BCUT2D eigenvalue weighted by Crippen LogP contribution is 2.30. The summed E-state index contributed by atoms with van der Waals surface area (Å²) in [6.45, 7) is 7.84. The summed E-state index contributed by atoms with van der Waals surface area (Å²) >= 11 is 0. The molecule has 2 heterocycles. The summed E-state index contributed by atoms with van der Waals surface area (Å²) in [4.78, 5) is 11.8. The number of ether oxygens (including phenoxy) is 1. The third-order valence-corrected chi connectivity index (χ3v) is 4.40. The van der Waals surface area contributed by atoms with E-state index in [1.54, 1.807) is 0 Å². The van der Waals surface area contributed by atoms with Crippen LogP contribution in [-0.4, -0.2) is 46.7 Å². The zero-order valence-corrected chi connectivity index (χ0v) is 13.1. The van der Waals surface area contributed by atoms with E-state index < -0.39 is 0 Å². The lowest BCUT2D eigenvalue weighted by atomic mass is 10.1. The zero-order chi connectivity index (χ0) is 14.7. The molecule has 21 heavy (non-hydrogen) atoms. The minimum absolute atomic E-state index is 0.432. The number of rotatable bonds is 5. The molecule has 5 nitrogen and oxygen atoms in total. The smallest absolute Gasteiger partial charge is 0.144 e. The quantitative estimate of drug-likeness (QED) is 0.902. The number of anilines is 1. The summed E-state index contributed by atoms with van der Waals surface area (Å²) in [5.74, 6) is 1.89. The Hall–Kier alpha value is -1.20. The molecular formula is C16H26N4O. The van der Waals surface area contributed by atoms with Gasteiger partial charge in [0, 0.05) is 30.9 Å². The molecule has 1 aliphatic carbocycles. The molecule has 2 aliphatic rings. The Balaban J connectivity index is 1.70. The predicted molar refractivity (Wildman–Crippen MR) is 83.3 cm³/mol. The van der Waals surface area contributed by atoms with Crippen LogP contribution in [0.2, 0.25) is 0 Å². The molecule has 2 unspecified atom stereocenters. The van der Waals surface area contributed by atoms with E-state index in [2.05, 4.69) is 27.1 Å². The van der Waals surface area contributed by atoms with Gasteiger partial charge >= 0.3 is 0 Å². The second kappa shape index (κ2) is 6.71. The molecule has 1 N–H and O–H groups in total. The Morgan fingerprint density at radius 3 is 3.14 bits per heavy atom. The molecule has 5 heteroatoms. The minimum Gasteiger partial charge on any atom is -0.375 e. The standard InChI is InChI=1S/C16H26N4O/c1-3-7-17-15-10-12(2)18-16(19-15)11-20-8-9-21-14-6-4-5-13(14)20/h10,13-14H,3-9,11H2,1-2H3,(H,17,18,19). The normalized spacial score (nSPS) is 25.8. The summed E-state index contributed by atoms with van der Waals surface area (Å²) in [5.41, 5.74) is 1.04. The molecule has 0 spiro atoms. The molecule has 0 radical (unpaired) electrons. The summed E-state index contributed by atoms with van der Waals surface area (Å²) in [6, 6.07) is 2.59. The van der Waals surface area contributed by atoms with E-state index >= 15 is 0 Å². The molecule has 3 rings (SSSR count). The number of fused-ring (bicyclic) bond motifs is 1. The number of aryl methyl sites for hydroxylation is 1. The molecule has 2 fully saturated rings. The summed E-state index contributed by atoms with van der Waals surface area (Å²) in [7, 11) is 0. The summed E-state index contributed by atoms with van der Waals surface area (Å²) in [6.07, 6.45) is 5.27. The fourth-order valence-corrected chi connectivity index (χ4v) is 3.43. The molecule has 1 aliphatic heterocycles. The second-order valence-corrected chi connectivity index (χ2v) is 6.12. The van der Waals surface area contributed by atoms with E-state index in [0.717, 1.165) is 50.0 Å². The van der Waals surface area contributed by atoms with Crippen LogP contribution in [0.3, 0.4) is 0 Å². The van der Waals surface area contributed by atoms with Crippen molar-refractivity contribution in [3.63, 3.8) is 0 Å². The Labute approximate surface area is 127 Å². The van der Waals surface area contributed by atoms with Crippen molar-refractivity contribution in [1.82, 2.24) is 14.9 Å². The van der Waals surface area contributed by atoms with Gasteiger partial charge < -0.3 is 10.1 Å². The van der Waals surface area contributed by atoms with Crippen LogP contribution in [0.25, 0.3) is 0 Å². The van der Waals surface area contributed by atoms with Crippen molar-refractivity contribution in [3.8, 4) is 0 Å². The zero-order valence-electron chi connectivity index (χ0n) is 13.1. The van der Waals surface area contributed by atoms with Gasteiger partial charge in [0.15, 0.2) is 0 Å². The third kappa shape index (κ3) is 3.52. The molecule has 0 amide bonds. The molecule has 116 valence electrons. The van der Waals surface area contributed by atoms with E-state index in [9.17, 15) is 0 Å². The van der Waals surface area contributed by atoms with Crippen LogP contribution >= 0.6 is 0 Å². The van der Waals surface area contributed by atoms with E-state index in [4.69, 9.17) is 4.74 Å². The summed E-state index contributed by atoms with van der Waals surface area (Å²) < 4.78 is 5.88. The van der Waals surface area contributed by atoms with Gasteiger partial charge in [0.1, 0.15) is 11.6 Å². The van der Waals surface area contributed by atoms with Crippen molar-refractivity contribution < 1.29 is 4.74 Å². The van der Waals surface area contributed by atoms with Gasteiger partial charge in [-0.1, -0.05) is 6.92 Å². The van der Waals surface area contributed by atoms with Gasteiger partial charge in [-0.05, 0) is 32.6 Å². The van der Waals surface area contributed by atoms with Crippen LogP contribution < -0.4 is 5.32 Å². The van der Waals surface area contributed by atoms with Crippen molar-refractivity contribution in [3.05, 3.63) is 17.6 Å². The van der Waals surface area contributed by atoms with E-state index in [1.807, 2.05) is 13.0 Å². The maximum absolute atomic E-state index is 5.88. The van der Waals surface area contributed by atoms with Gasteiger partial charge in [0.05, 0.1) is 19.3 Å². The van der Waals surface area contributed by atoms with Gasteiger partial charge in [-0.15, -0.1) is 0 Å². The number of hydrogen-bond donors (Lipinski definition) is 1. The molecule has 1 saturated carbocycles. The Kier molecular flexibility index (Phi) is 4.70. The number of morpholine rings is 1. The maximum atomic E-state index is 5.88. The lowest BCUT2D eigenvalue weighted by molar-refractivity contribution is -0.0596. The van der Waals surface area contributed by atoms with Crippen molar-refractivity contribution in [1.29, 1.82) is 0 Å². The van der Waals surface area contributed by atoms with Crippen molar-refractivity contribution in [2.75, 3.05) is 25.0 Å². The average molecular weight is 290 g/mol. The first-order valence-corrected chi connectivity index (χ1v) is 8.20. The molecule has 1 aromatic rings. The van der Waals surface area contributed by atoms with Crippen LogP contribution in [0.4, 0.5) is 5.82 Å². The topological polar surface area (TPSA) is 50.3 Å². The molecular weight excluding hydrogens is 264 g/mol. The molecule has 1 saturated heterocycles. The van der Waals surface area contributed by atoms with Gasteiger partial charge in [0.25, 0.3) is 0 Å². The molecule has 1 aromatic heterocycles. The average Bonchev–Trinajstić information content (AvgIpc) is 2.94. The Morgan fingerprint density at radius 2 is 2.29 bits per heavy atom. The minimum atomic E-state index is 0.432. The maximum Gasteiger partial charge on any atom is 0.144 e. The fraction of sp³-hybridized carbons (Fsp3) is 0.750. The van der Waals surface area contributed by atoms with Crippen LogP contribution in [0, 0.1) is 6.92 Å². The van der Waals surface area contributed by atoms with Gasteiger partial charge in [-0.2, -0.15) is 0 Å².